The molecule has 0 atom stereocenters. The fraction of sp³-hybridized carbons (Fsp3) is 0.364. The monoisotopic (exact) mass is 175 g/mol. The van der Waals surface area contributed by atoms with E-state index in [1.807, 2.05) is 12.1 Å². The number of benzene rings is 1. The Hall–Kier alpha value is -1.31. The summed E-state index contributed by atoms with van der Waals surface area (Å²) in [6.45, 7) is 4.23. The molecule has 2 nitrogen and oxygen atoms in total. The van der Waals surface area contributed by atoms with Crippen LogP contribution in [0.2, 0.25) is 0 Å². The Labute approximate surface area is 77.5 Å². The van der Waals surface area contributed by atoms with Gasteiger partial charge in [0, 0.05) is 5.39 Å². The Balaban J connectivity index is 2.58. The molecular formula is C11H13NO. The van der Waals surface area contributed by atoms with Gasteiger partial charge >= 0.3 is 0 Å². The maximum Gasteiger partial charge on any atom is 0.167 e. The van der Waals surface area contributed by atoms with E-state index in [0.29, 0.717) is 0 Å². The SMILES string of the molecule is CCCc1noc2ccc(C)cc12. The van der Waals surface area contributed by atoms with Crippen molar-refractivity contribution in [2.45, 2.75) is 26.7 Å². The minimum absolute atomic E-state index is 0.897. The first kappa shape index (κ1) is 8.30. The molecule has 0 spiro atoms. The average Bonchev–Trinajstić information content (AvgIpc) is 2.49. The molecule has 1 aromatic heterocycles. The molecule has 0 amide bonds. The Morgan fingerprint density at radius 2 is 2.23 bits per heavy atom. The van der Waals surface area contributed by atoms with Crippen molar-refractivity contribution in [3.05, 3.63) is 29.5 Å². The average molecular weight is 175 g/mol. The summed E-state index contributed by atoms with van der Waals surface area (Å²) in [4.78, 5) is 0. The lowest BCUT2D eigenvalue weighted by Crippen LogP contribution is -1.82. The van der Waals surface area contributed by atoms with Crippen LogP contribution in [0.15, 0.2) is 22.7 Å². The highest BCUT2D eigenvalue weighted by atomic mass is 16.5. The topological polar surface area (TPSA) is 26.0 Å². The number of aromatic nitrogens is 1. The largest absolute Gasteiger partial charge is 0.356 e. The second kappa shape index (κ2) is 3.21. The Morgan fingerprint density at radius 3 is 3.00 bits per heavy atom. The van der Waals surface area contributed by atoms with Gasteiger partial charge in [0.2, 0.25) is 0 Å². The van der Waals surface area contributed by atoms with E-state index < -0.39 is 0 Å². The normalized spacial score (nSPS) is 10.9. The molecule has 1 heterocycles. The van der Waals surface area contributed by atoms with E-state index >= 15 is 0 Å². The van der Waals surface area contributed by atoms with Crippen molar-refractivity contribution in [3.8, 4) is 0 Å². The number of aryl methyl sites for hydroxylation is 2. The minimum atomic E-state index is 0.897. The van der Waals surface area contributed by atoms with Crippen LogP contribution in [-0.4, -0.2) is 5.16 Å². The molecule has 0 unspecified atom stereocenters. The number of rotatable bonds is 2. The van der Waals surface area contributed by atoms with Gasteiger partial charge in [-0.05, 0) is 25.5 Å². The van der Waals surface area contributed by atoms with Gasteiger partial charge in [-0.2, -0.15) is 0 Å². The van der Waals surface area contributed by atoms with Crippen LogP contribution < -0.4 is 0 Å². The number of hydrogen-bond acceptors (Lipinski definition) is 2. The van der Waals surface area contributed by atoms with E-state index in [4.69, 9.17) is 4.52 Å². The third-order valence-electron chi connectivity index (χ3n) is 2.19. The highest BCUT2D eigenvalue weighted by molar-refractivity contribution is 5.80. The smallest absolute Gasteiger partial charge is 0.167 e. The summed E-state index contributed by atoms with van der Waals surface area (Å²) in [7, 11) is 0. The van der Waals surface area contributed by atoms with E-state index in [1.165, 1.54) is 10.9 Å². The zero-order chi connectivity index (χ0) is 9.26. The van der Waals surface area contributed by atoms with Gasteiger partial charge in [-0.15, -0.1) is 0 Å². The number of hydrogen-bond donors (Lipinski definition) is 0. The van der Waals surface area contributed by atoms with Crippen LogP contribution in [0.3, 0.4) is 0 Å². The maximum atomic E-state index is 5.21. The molecule has 13 heavy (non-hydrogen) atoms. The van der Waals surface area contributed by atoms with Crippen molar-refractivity contribution in [1.29, 1.82) is 0 Å². The molecule has 0 saturated carbocycles. The molecule has 2 aromatic rings. The molecule has 1 aromatic carbocycles. The van der Waals surface area contributed by atoms with Gasteiger partial charge in [0.1, 0.15) is 0 Å². The molecule has 0 bridgehead atoms. The lowest BCUT2D eigenvalue weighted by atomic mass is 10.1. The van der Waals surface area contributed by atoms with Crippen LogP contribution in [-0.2, 0) is 6.42 Å². The molecule has 0 N–H and O–H groups in total. The maximum absolute atomic E-state index is 5.21. The van der Waals surface area contributed by atoms with Crippen molar-refractivity contribution < 1.29 is 4.52 Å². The van der Waals surface area contributed by atoms with Crippen molar-refractivity contribution in [1.82, 2.24) is 5.16 Å². The lowest BCUT2D eigenvalue weighted by molar-refractivity contribution is 0.445. The van der Waals surface area contributed by atoms with Crippen LogP contribution in [0.5, 0.6) is 0 Å². The third-order valence-corrected chi connectivity index (χ3v) is 2.19. The van der Waals surface area contributed by atoms with E-state index in [0.717, 1.165) is 24.1 Å². The molecule has 0 saturated heterocycles. The summed E-state index contributed by atoms with van der Waals surface area (Å²) in [5, 5.41) is 5.22. The van der Waals surface area contributed by atoms with Gasteiger partial charge in [0.15, 0.2) is 5.58 Å². The quantitative estimate of drug-likeness (QED) is 0.701. The Morgan fingerprint density at radius 1 is 1.38 bits per heavy atom. The number of nitrogens with zero attached hydrogens (tertiary/aromatic N) is 1. The van der Waals surface area contributed by atoms with Gasteiger partial charge in [0.05, 0.1) is 5.69 Å². The molecule has 0 radical (unpaired) electrons. The van der Waals surface area contributed by atoms with Crippen molar-refractivity contribution in [2.24, 2.45) is 0 Å². The molecule has 0 fully saturated rings. The third kappa shape index (κ3) is 1.44. The van der Waals surface area contributed by atoms with E-state index in [-0.39, 0.29) is 0 Å². The second-order valence-electron chi connectivity index (χ2n) is 3.38. The first-order chi connectivity index (χ1) is 6.31. The van der Waals surface area contributed by atoms with Gasteiger partial charge in [0.25, 0.3) is 0 Å². The van der Waals surface area contributed by atoms with Gasteiger partial charge in [-0.1, -0.05) is 30.1 Å². The highest BCUT2D eigenvalue weighted by Gasteiger charge is 2.06. The predicted octanol–water partition coefficient (Wildman–Crippen LogP) is 3.09. The summed E-state index contributed by atoms with van der Waals surface area (Å²) in [5.41, 5.74) is 3.24. The molecule has 0 aliphatic rings. The molecular weight excluding hydrogens is 162 g/mol. The fourth-order valence-electron chi connectivity index (χ4n) is 1.52. The Bertz CT molecular complexity index is 417. The standard InChI is InChI=1S/C11H13NO/c1-3-4-10-9-7-8(2)5-6-11(9)13-12-10/h5-7H,3-4H2,1-2H3. The van der Waals surface area contributed by atoms with Crippen LogP contribution >= 0.6 is 0 Å². The Kier molecular flexibility index (Phi) is 2.05. The molecule has 2 heteroatoms. The molecule has 68 valence electrons. The van der Waals surface area contributed by atoms with E-state index in [1.54, 1.807) is 0 Å². The summed E-state index contributed by atoms with van der Waals surface area (Å²) >= 11 is 0. The number of fused-ring (bicyclic) bond motifs is 1. The van der Waals surface area contributed by atoms with Crippen molar-refractivity contribution >= 4 is 11.0 Å². The summed E-state index contributed by atoms with van der Waals surface area (Å²) < 4.78 is 5.21. The molecule has 0 aliphatic carbocycles. The predicted molar refractivity (Wildman–Crippen MR) is 52.7 cm³/mol. The lowest BCUT2D eigenvalue weighted by Gasteiger charge is -1.93. The fourth-order valence-corrected chi connectivity index (χ4v) is 1.52. The van der Waals surface area contributed by atoms with Crippen LogP contribution in [0.4, 0.5) is 0 Å². The van der Waals surface area contributed by atoms with E-state index in [2.05, 4.69) is 25.1 Å². The van der Waals surface area contributed by atoms with Gasteiger partial charge in [-0.25, -0.2) is 0 Å². The van der Waals surface area contributed by atoms with Crippen LogP contribution in [0, 0.1) is 6.92 Å². The van der Waals surface area contributed by atoms with Gasteiger partial charge in [-0.3, -0.25) is 0 Å². The van der Waals surface area contributed by atoms with Crippen LogP contribution in [0.25, 0.3) is 11.0 Å². The van der Waals surface area contributed by atoms with Gasteiger partial charge < -0.3 is 4.52 Å². The van der Waals surface area contributed by atoms with Crippen LogP contribution in [0.1, 0.15) is 24.6 Å². The second-order valence-corrected chi connectivity index (χ2v) is 3.38. The van der Waals surface area contributed by atoms with E-state index in [9.17, 15) is 0 Å². The summed E-state index contributed by atoms with van der Waals surface area (Å²) in [6.07, 6.45) is 2.10. The summed E-state index contributed by atoms with van der Waals surface area (Å²) in [5.74, 6) is 0. The molecule has 2 rings (SSSR count). The first-order valence-electron chi connectivity index (χ1n) is 4.66. The zero-order valence-corrected chi connectivity index (χ0v) is 8.00. The highest BCUT2D eigenvalue weighted by Crippen LogP contribution is 2.20. The first-order valence-corrected chi connectivity index (χ1v) is 4.66. The minimum Gasteiger partial charge on any atom is -0.356 e. The molecule has 0 aliphatic heterocycles. The summed E-state index contributed by atoms with van der Waals surface area (Å²) in [6, 6.07) is 6.16. The van der Waals surface area contributed by atoms with Crippen molar-refractivity contribution in [3.63, 3.8) is 0 Å². The van der Waals surface area contributed by atoms with Crippen molar-refractivity contribution in [2.75, 3.05) is 0 Å². The zero-order valence-electron chi connectivity index (χ0n) is 8.00.